The summed E-state index contributed by atoms with van der Waals surface area (Å²) < 4.78 is 24.4. The predicted molar refractivity (Wildman–Crippen MR) is 91.3 cm³/mol. The van der Waals surface area contributed by atoms with Gasteiger partial charge in [-0.2, -0.15) is 0 Å². The fourth-order valence-corrected chi connectivity index (χ4v) is 5.67. The molecular weight excluding hydrogens is 343 g/mol. The van der Waals surface area contributed by atoms with Crippen LogP contribution in [0.3, 0.4) is 0 Å². The van der Waals surface area contributed by atoms with Gasteiger partial charge in [-0.25, -0.2) is 9.36 Å². The van der Waals surface area contributed by atoms with Crippen LogP contribution in [0, 0.1) is 20.8 Å². The van der Waals surface area contributed by atoms with E-state index in [9.17, 15) is 19.6 Å². The number of hydrogen-bond donors (Lipinski definition) is 2. The van der Waals surface area contributed by atoms with Gasteiger partial charge < -0.3 is 19.3 Å². The number of carboxylic acid groups (broad SMARTS) is 1. The largest absolute Gasteiger partial charge is 0.507 e. The van der Waals surface area contributed by atoms with E-state index in [0.29, 0.717) is 11.3 Å². The Morgan fingerprint density at radius 1 is 1.16 bits per heavy atom. The van der Waals surface area contributed by atoms with Gasteiger partial charge >= 0.3 is 13.6 Å². The molecule has 0 saturated heterocycles. The lowest BCUT2D eigenvalue weighted by Crippen LogP contribution is -2.26. The summed E-state index contributed by atoms with van der Waals surface area (Å²) in [5.41, 5.74) is 4.23. The molecule has 7 heteroatoms. The van der Waals surface area contributed by atoms with Gasteiger partial charge in [-0.3, -0.25) is 0 Å². The molecule has 2 N–H and O–H groups in total. The molecule has 2 aromatic rings. The predicted octanol–water partition coefficient (Wildman–Crippen LogP) is 4.13. The van der Waals surface area contributed by atoms with E-state index in [1.165, 1.54) is 12.1 Å². The molecule has 2 bridgehead atoms. The Morgan fingerprint density at radius 2 is 1.88 bits per heavy atom. The monoisotopic (exact) mass is 360 g/mol. The molecule has 130 valence electrons. The number of phenols is 1. The molecule has 0 amide bonds. The van der Waals surface area contributed by atoms with Gasteiger partial charge in [0.2, 0.25) is 0 Å². The van der Waals surface area contributed by atoms with Crippen molar-refractivity contribution in [3.05, 3.63) is 51.6 Å². The molecule has 0 fully saturated rings. The molecule has 2 unspecified atom stereocenters. The maximum atomic E-state index is 13.1. The van der Waals surface area contributed by atoms with E-state index in [1.807, 2.05) is 26.8 Å². The van der Waals surface area contributed by atoms with Crippen molar-refractivity contribution >= 4 is 13.6 Å². The summed E-state index contributed by atoms with van der Waals surface area (Å²) in [5.74, 6) is -1.16. The number of hydrogen-bond acceptors (Lipinski definition) is 5. The number of carboxylic acids is 1. The second kappa shape index (κ2) is 5.02. The highest BCUT2D eigenvalue weighted by molar-refractivity contribution is 7.55. The molecule has 2 aliphatic heterocycles. The van der Waals surface area contributed by atoms with Gasteiger partial charge in [0.05, 0.1) is 6.16 Å². The van der Waals surface area contributed by atoms with Gasteiger partial charge in [-0.1, -0.05) is 6.07 Å². The third-order valence-electron chi connectivity index (χ3n) is 4.99. The van der Waals surface area contributed by atoms with Crippen molar-refractivity contribution in [2.24, 2.45) is 0 Å². The minimum absolute atomic E-state index is 0.153. The summed E-state index contributed by atoms with van der Waals surface area (Å²) in [4.78, 5) is 11.4. The zero-order valence-electron chi connectivity index (χ0n) is 14.0. The molecule has 2 atom stereocenters. The van der Waals surface area contributed by atoms with Crippen molar-refractivity contribution in [2.75, 3.05) is 6.16 Å². The Balaban J connectivity index is 2.03. The number of aromatic hydroxyl groups is 1. The van der Waals surface area contributed by atoms with Gasteiger partial charge in [0.1, 0.15) is 22.8 Å². The number of aromatic carboxylic acids is 1. The molecule has 2 heterocycles. The van der Waals surface area contributed by atoms with Crippen LogP contribution in [0.2, 0.25) is 0 Å². The molecule has 25 heavy (non-hydrogen) atoms. The van der Waals surface area contributed by atoms with E-state index in [-0.39, 0.29) is 23.4 Å². The Kier molecular flexibility index (Phi) is 3.22. The number of carbonyl (C=O) groups is 1. The van der Waals surface area contributed by atoms with Crippen molar-refractivity contribution in [1.29, 1.82) is 0 Å². The van der Waals surface area contributed by atoms with Gasteiger partial charge in [-0.15, -0.1) is 0 Å². The maximum Gasteiger partial charge on any atom is 0.431 e. The van der Waals surface area contributed by atoms with Crippen LogP contribution in [-0.2, 0) is 4.57 Å². The molecule has 0 spiro atoms. The second-order valence-corrected chi connectivity index (χ2v) is 8.57. The first-order chi connectivity index (χ1) is 11.7. The average molecular weight is 360 g/mol. The number of aryl methyl sites for hydroxylation is 2. The van der Waals surface area contributed by atoms with E-state index in [0.717, 1.165) is 22.3 Å². The van der Waals surface area contributed by atoms with E-state index in [4.69, 9.17) is 9.05 Å². The molecular formula is C18H17O6P. The van der Waals surface area contributed by atoms with Crippen LogP contribution >= 0.6 is 7.60 Å². The quantitative estimate of drug-likeness (QED) is 0.743. The molecule has 0 aromatic heterocycles. The van der Waals surface area contributed by atoms with Gasteiger partial charge in [0, 0.05) is 23.1 Å². The zero-order valence-corrected chi connectivity index (χ0v) is 14.9. The molecule has 0 saturated carbocycles. The molecule has 6 nitrogen and oxygen atoms in total. The highest BCUT2D eigenvalue weighted by atomic mass is 31.2. The van der Waals surface area contributed by atoms with E-state index < -0.39 is 19.3 Å². The summed E-state index contributed by atoms with van der Waals surface area (Å²) >= 11 is 0. The maximum absolute atomic E-state index is 13.1. The first kappa shape index (κ1) is 16.0. The fraction of sp³-hybridized carbons (Fsp3) is 0.278. The van der Waals surface area contributed by atoms with E-state index in [2.05, 4.69) is 0 Å². The standard InChI is InChI=1S/C18H17O6P/c1-8-4-9(2)16-13-7-25(22,24-17(16)10(8)3)23-15-6-14(19)12(18(20)21)5-11(13)15/h4-6,13,19H,7H2,1-3H3,(H,20,21). The SMILES string of the molecule is Cc1cc(C)c2c(c1C)OP1(=O)CC2c2cc(C(=O)O)c(O)cc2O1. The summed E-state index contributed by atoms with van der Waals surface area (Å²) in [6, 6.07) is 4.66. The normalized spacial score (nSPS) is 23.1. The van der Waals surface area contributed by atoms with Crippen LogP contribution < -0.4 is 9.05 Å². The van der Waals surface area contributed by atoms with E-state index in [1.54, 1.807) is 0 Å². The Hall–Kier alpha value is -2.46. The Labute approximate surface area is 144 Å². The van der Waals surface area contributed by atoms with Crippen molar-refractivity contribution in [2.45, 2.75) is 26.7 Å². The summed E-state index contributed by atoms with van der Waals surface area (Å²) in [6.45, 7) is 5.82. The van der Waals surface area contributed by atoms with Crippen LogP contribution in [0.1, 0.15) is 44.1 Å². The highest BCUT2D eigenvalue weighted by Crippen LogP contribution is 2.64. The lowest BCUT2D eigenvalue weighted by atomic mass is 9.85. The summed E-state index contributed by atoms with van der Waals surface area (Å²) in [7, 11) is -3.41. The van der Waals surface area contributed by atoms with Crippen LogP contribution in [0.15, 0.2) is 18.2 Å². The number of rotatable bonds is 1. The molecule has 2 aliphatic rings. The van der Waals surface area contributed by atoms with Gasteiger partial charge in [-0.05, 0) is 43.5 Å². The van der Waals surface area contributed by atoms with Crippen molar-refractivity contribution in [3.8, 4) is 17.2 Å². The van der Waals surface area contributed by atoms with Gasteiger partial charge in [0.15, 0.2) is 0 Å². The third kappa shape index (κ3) is 2.24. The minimum Gasteiger partial charge on any atom is -0.507 e. The Bertz CT molecular complexity index is 994. The fourth-order valence-electron chi connectivity index (χ4n) is 3.68. The lowest BCUT2D eigenvalue weighted by molar-refractivity contribution is 0.0693. The van der Waals surface area contributed by atoms with E-state index >= 15 is 0 Å². The number of fused-ring (bicyclic) bond motifs is 6. The second-order valence-electron chi connectivity index (χ2n) is 6.62. The first-order valence-electron chi connectivity index (χ1n) is 7.89. The molecule has 4 rings (SSSR count). The van der Waals surface area contributed by atoms with Crippen molar-refractivity contribution in [1.82, 2.24) is 0 Å². The van der Waals surface area contributed by atoms with Crippen LogP contribution in [0.25, 0.3) is 0 Å². The smallest absolute Gasteiger partial charge is 0.431 e. The summed E-state index contributed by atoms with van der Waals surface area (Å²) in [6.07, 6.45) is 0.153. The van der Waals surface area contributed by atoms with Crippen LogP contribution in [0.4, 0.5) is 0 Å². The minimum atomic E-state index is -3.41. The van der Waals surface area contributed by atoms with Gasteiger partial charge in [0.25, 0.3) is 0 Å². The highest BCUT2D eigenvalue weighted by Gasteiger charge is 2.47. The lowest BCUT2D eigenvalue weighted by Gasteiger charge is -2.38. The topological polar surface area (TPSA) is 93.1 Å². The molecule has 0 radical (unpaired) electrons. The third-order valence-corrected chi connectivity index (χ3v) is 6.74. The van der Waals surface area contributed by atoms with Crippen molar-refractivity contribution < 1.29 is 28.6 Å². The Morgan fingerprint density at radius 3 is 2.56 bits per heavy atom. The molecule has 0 aliphatic carbocycles. The van der Waals surface area contributed by atoms with Crippen molar-refractivity contribution in [3.63, 3.8) is 0 Å². The zero-order chi connectivity index (χ0) is 18.1. The number of benzene rings is 2. The van der Waals surface area contributed by atoms with Crippen LogP contribution in [-0.4, -0.2) is 22.3 Å². The average Bonchev–Trinajstić information content (AvgIpc) is 2.50. The first-order valence-corrected chi connectivity index (χ1v) is 9.62. The van der Waals surface area contributed by atoms with Crippen LogP contribution in [0.5, 0.6) is 17.2 Å². The molecule has 2 aromatic carbocycles. The summed E-state index contributed by atoms with van der Waals surface area (Å²) in [5, 5.41) is 19.2.